The molecule has 0 unspecified atom stereocenters. The van der Waals surface area contributed by atoms with Gasteiger partial charge in [-0.1, -0.05) is 28.9 Å². The Hall–Kier alpha value is -1.45. The van der Waals surface area contributed by atoms with Crippen LogP contribution >= 0.6 is 15.9 Å². The maximum absolute atomic E-state index is 12.7. The summed E-state index contributed by atoms with van der Waals surface area (Å²) < 4.78 is 27.5. The average Bonchev–Trinajstić information content (AvgIpc) is 2.64. The van der Waals surface area contributed by atoms with E-state index < -0.39 is 10.0 Å². The summed E-state index contributed by atoms with van der Waals surface area (Å²) in [7, 11) is -3.57. The Morgan fingerprint density at radius 1 is 1.15 bits per heavy atom. The summed E-state index contributed by atoms with van der Waals surface area (Å²) in [6.45, 7) is 3.75. The minimum atomic E-state index is -3.57. The number of hydrogen-bond donors (Lipinski definition) is 1. The van der Waals surface area contributed by atoms with E-state index in [0.29, 0.717) is 24.1 Å². The number of hydrogen-bond acceptors (Lipinski definition) is 4. The first-order valence-corrected chi connectivity index (χ1v) is 10.9. The van der Waals surface area contributed by atoms with Gasteiger partial charge in [-0.3, -0.25) is 9.59 Å². The van der Waals surface area contributed by atoms with Gasteiger partial charge < -0.3 is 10.2 Å². The molecule has 1 saturated heterocycles. The Morgan fingerprint density at radius 3 is 2.46 bits per heavy atom. The number of carbonyl (C=O) groups is 2. The summed E-state index contributed by atoms with van der Waals surface area (Å²) >= 11 is 3.28. The smallest absolute Gasteiger partial charge is 0.243 e. The highest BCUT2D eigenvalue weighted by Gasteiger charge is 2.30. The number of piperazine rings is 1. The van der Waals surface area contributed by atoms with E-state index in [1.54, 1.807) is 29.2 Å². The Bertz CT molecular complexity index is 746. The third-order valence-electron chi connectivity index (χ3n) is 4.16. The fraction of sp³-hybridized carbons (Fsp3) is 0.529. The number of halogens is 1. The Kier molecular flexibility index (Phi) is 7.60. The van der Waals surface area contributed by atoms with Crippen LogP contribution in [-0.2, 0) is 19.6 Å². The molecule has 9 heteroatoms. The van der Waals surface area contributed by atoms with E-state index in [1.807, 2.05) is 6.92 Å². The average molecular weight is 446 g/mol. The first-order valence-electron chi connectivity index (χ1n) is 8.64. The van der Waals surface area contributed by atoms with Gasteiger partial charge in [-0.05, 0) is 24.6 Å². The first-order chi connectivity index (χ1) is 12.3. The third kappa shape index (κ3) is 5.52. The van der Waals surface area contributed by atoms with E-state index in [0.717, 1.165) is 6.42 Å². The molecule has 0 bridgehead atoms. The summed E-state index contributed by atoms with van der Waals surface area (Å²) in [5.74, 6) is -0.243. The molecule has 1 aliphatic heterocycles. The van der Waals surface area contributed by atoms with Gasteiger partial charge in [0.1, 0.15) is 0 Å². The molecule has 1 fully saturated rings. The van der Waals surface area contributed by atoms with Gasteiger partial charge in [-0.25, -0.2) is 8.42 Å². The highest BCUT2D eigenvalue weighted by atomic mass is 79.9. The first kappa shape index (κ1) is 20.9. The molecule has 0 atom stereocenters. The molecule has 0 radical (unpaired) electrons. The van der Waals surface area contributed by atoms with Gasteiger partial charge in [0, 0.05) is 50.0 Å². The van der Waals surface area contributed by atoms with Gasteiger partial charge in [-0.2, -0.15) is 4.31 Å². The zero-order chi connectivity index (χ0) is 19.2. The molecule has 26 heavy (non-hydrogen) atoms. The monoisotopic (exact) mass is 445 g/mol. The fourth-order valence-corrected chi connectivity index (χ4v) is 4.71. The largest absolute Gasteiger partial charge is 0.356 e. The maximum atomic E-state index is 12.7. The van der Waals surface area contributed by atoms with E-state index in [2.05, 4.69) is 21.2 Å². The Morgan fingerprint density at radius 2 is 1.85 bits per heavy atom. The number of sulfonamides is 1. The quantitative estimate of drug-likeness (QED) is 0.689. The van der Waals surface area contributed by atoms with Crippen LogP contribution in [0.25, 0.3) is 0 Å². The van der Waals surface area contributed by atoms with Gasteiger partial charge in [-0.15, -0.1) is 0 Å². The van der Waals surface area contributed by atoms with Crippen molar-refractivity contribution in [3.05, 3.63) is 28.7 Å². The molecule has 2 rings (SSSR count). The van der Waals surface area contributed by atoms with Crippen LogP contribution in [0.4, 0.5) is 0 Å². The van der Waals surface area contributed by atoms with E-state index in [1.165, 1.54) is 4.31 Å². The molecular weight excluding hydrogens is 422 g/mol. The standard InChI is InChI=1S/C17H24BrN3O4S/c1-2-8-19-16(22)6-7-17(23)20-9-11-21(12-10-20)26(24,25)15-5-3-4-14(18)13-15/h3-5,13H,2,6-12H2,1H3,(H,19,22). The summed E-state index contributed by atoms with van der Waals surface area (Å²) in [5, 5.41) is 2.74. The van der Waals surface area contributed by atoms with Crippen LogP contribution in [0.15, 0.2) is 33.6 Å². The van der Waals surface area contributed by atoms with Crippen molar-refractivity contribution >= 4 is 37.8 Å². The lowest BCUT2D eigenvalue weighted by Crippen LogP contribution is -2.50. The molecule has 0 spiro atoms. The van der Waals surface area contributed by atoms with Crippen molar-refractivity contribution in [2.75, 3.05) is 32.7 Å². The topological polar surface area (TPSA) is 86.8 Å². The van der Waals surface area contributed by atoms with E-state index in [-0.39, 0.29) is 42.6 Å². The van der Waals surface area contributed by atoms with Crippen molar-refractivity contribution in [3.8, 4) is 0 Å². The lowest BCUT2D eigenvalue weighted by Gasteiger charge is -2.34. The number of nitrogens with one attached hydrogen (secondary N) is 1. The predicted octanol–water partition coefficient (Wildman–Crippen LogP) is 1.59. The molecule has 0 aromatic heterocycles. The molecule has 7 nitrogen and oxygen atoms in total. The summed E-state index contributed by atoms with van der Waals surface area (Å²) in [6, 6.07) is 6.58. The van der Waals surface area contributed by atoms with Crippen LogP contribution in [0.5, 0.6) is 0 Å². The predicted molar refractivity (Wildman–Crippen MR) is 102 cm³/mol. The second kappa shape index (κ2) is 9.48. The SMILES string of the molecule is CCCNC(=O)CCC(=O)N1CCN(S(=O)(=O)c2cccc(Br)c2)CC1. The molecule has 144 valence electrons. The normalized spacial score (nSPS) is 15.7. The zero-order valence-corrected chi connectivity index (χ0v) is 17.2. The molecule has 1 aromatic rings. The van der Waals surface area contributed by atoms with Gasteiger partial charge in [0.15, 0.2) is 0 Å². The van der Waals surface area contributed by atoms with Crippen molar-refractivity contribution in [1.29, 1.82) is 0 Å². The zero-order valence-electron chi connectivity index (χ0n) is 14.8. The molecule has 1 heterocycles. The second-order valence-electron chi connectivity index (χ2n) is 6.09. The Balaban J connectivity index is 1.86. The van der Waals surface area contributed by atoms with E-state index in [9.17, 15) is 18.0 Å². The molecular formula is C17H24BrN3O4S. The molecule has 1 N–H and O–H groups in total. The number of benzene rings is 1. The van der Waals surface area contributed by atoms with Crippen LogP contribution in [0, 0.1) is 0 Å². The summed E-state index contributed by atoms with van der Waals surface area (Å²) in [5.41, 5.74) is 0. The molecule has 2 amide bonds. The maximum Gasteiger partial charge on any atom is 0.243 e. The lowest BCUT2D eigenvalue weighted by atomic mass is 10.2. The number of rotatable bonds is 7. The molecule has 1 aromatic carbocycles. The van der Waals surface area contributed by atoms with Gasteiger partial charge in [0.05, 0.1) is 4.90 Å². The van der Waals surface area contributed by atoms with Gasteiger partial charge in [0.2, 0.25) is 21.8 Å². The second-order valence-corrected chi connectivity index (χ2v) is 8.95. The number of carbonyl (C=O) groups excluding carboxylic acids is 2. The Labute approximate surface area is 162 Å². The number of nitrogens with zero attached hydrogens (tertiary/aromatic N) is 2. The van der Waals surface area contributed by atoms with Gasteiger partial charge in [0.25, 0.3) is 0 Å². The van der Waals surface area contributed by atoms with Crippen LogP contribution in [0.2, 0.25) is 0 Å². The molecule has 0 saturated carbocycles. The summed E-state index contributed by atoms with van der Waals surface area (Å²) in [6.07, 6.45) is 1.16. The number of amides is 2. The van der Waals surface area contributed by atoms with Crippen LogP contribution in [-0.4, -0.2) is 62.2 Å². The highest BCUT2D eigenvalue weighted by molar-refractivity contribution is 9.10. The fourth-order valence-electron chi connectivity index (χ4n) is 2.69. The van der Waals surface area contributed by atoms with E-state index in [4.69, 9.17) is 0 Å². The van der Waals surface area contributed by atoms with Crippen LogP contribution in [0.3, 0.4) is 0 Å². The van der Waals surface area contributed by atoms with Crippen molar-refractivity contribution in [2.45, 2.75) is 31.1 Å². The molecule has 0 aliphatic carbocycles. The highest BCUT2D eigenvalue weighted by Crippen LogP contribution is 2.21. The minimum Gasteiger partial charge on any atom is -0.356 e. The third-order valence-corrected chi connectivity index (χ3v) is 6.55. The van der Waals surface area contributed by atoms with Gasteiger partial charge >= 0.3 is 0 Å². The van der Waals surface area contributed by atoms with E-state index >= 15 is 0 Å². The summed E-state index contributed by atoms with van der Waals surface area (Å²) in [4.78, 5) is 25.7. The van der Waals surface area contributed by atoms with Crippen molar-refractivity contribution in [2.24, 2.45) is 0 Å². The van der Waals surface area contributed by atoms with Crippen LogP contribution in [0.1, 0.15) is 26.2 Å². The van der Waals surface area contributed by atoms with Crippen molar-refractivity contribution < 1.29 is 18.0 Å². The lowest BCUT2D eigenvalue weighted by molar-refractivity contribution is -0.134. The minimum absolute atomic E-state index is 0.115. The van der Waals surface area contributed by atoms with Crippen molar-refractivity contribution in [3.63, 3.8) is 0 Å². The van der Waals surface area contributed by atoms with Crippen LogP contribution < -0.4 is 5.32 Å². The van der Waals surface area contributed by atoms with Crippen molar-refractivity contribution in [1.82, 2.24) is 14.5 Å². The molecule has 1 aliphatic rings.